The predicted molar refractivity (Wildman–Crippen MR) is 89.0 cm³/mol. The zero-order valence-electron chi connectivity index (χ0n) is 13.5. The van der Waals surface area contributed by atoms with E-state index in [9.17, 15) is 4.79 Å². The Morgan fingerprint density at radius 2 is 1.92 bits per heavy atom. The number of amides is 1. The first-order chi connectivity index (χ1) is 11.6. The molecule has 6 heteroatoms. The second-order valence-corrected chi connectivity index (χ2v) is 5.43. The third-order valence-electron chi connectivity index (χ3n) is 4.07. The van der Waals surface area contributed by atoms with Gasteiger partial charge in [0.15, 0.2) is 0 Å². The van der Waals surface area contributed by atoms with Crippen molar-refractivity contribution < 1.29 is 24.1 Å². The van der Waals surface area contributed by atoms with Crippen LogP contribution in [0.25, 0.3) is 11.1 Å². The fourth-order valence-corrected chi connectivity index (χ4v) is 2.98. The van der Waals surface area contributed by atoms with Crippen molar-refractivity contribution in [2.24, 2.45) is 0 Å². The number of benzene rings is 2. The van der Waals surface area contributed by atoms with Crippen molar-refractivity contribution in [1.82, 2.24) is 5.32 Å². The second kappa shape index (κ2) is 6.70. The Kier molecular flexibility index (Phi) is 4.46. The van der Waals surface area contributed by atoms with Gasteiger partial charge in [0.2, 0.25) is 0 Å². The monoisotopic (exact) mass is 329 g/mol. The Morgan fingerprint density at radius 3 is 2.54 bits per heavy atom. The van der Waals surface area contributed by atoms with Gasteiger partial charge in [-0.05, 0) is 23.8 Å². The third-order valence-corrected chi connectivity index (χ3v) is 4.07. The van der Waals surface area contributed by atoms with E-state index in [0.717, 1.165) is 16.7 Å². The van der Waals surface area contributed by atoms with Gasteiger partial charge in [-0.1, -0.05) is 18.2 Å². The Hall–Kier alpha value is -2.89. The average molecular weight is 329 g/mol. The quantitative estimate of drug-likeness (QED) is 0.898. The molecule has 1 heterocycles. The van der Waals surface area contributed by atoms with Crippen LogP contribution in [0.15, 0.2) is 36.4 Å². The number of carboxylic acid groups (broad SMARTS) is 1. The fourth-order valence-electron chi connectivity index (χ4n) is 2.98. The first kappa shape index (κ1) is 16.0. The molecule has 0 fully saturated rings. The van der Waals surface area contributed by atoms with Gasteiger partial charge in [0.1, 0.15) is 17.2 Å². The Balaban J connectivity index is 2.05. The van der Waals surface area contributed by atoms with E-state index in [1.165, 1.54) is 0 Å². The van der Waals surface area contributed by atoms with Crippen LogP contribution >= 0.6 is 0 Å². The maximum Gasteiger partial charge on any atom is 0.405 e. The van der Waals surface area contributed by atoms with Crippen molar-refractivity contribution >= 4 is 6.09 Å². The van der Waals surface area contributed by atoms with Crippen molar-refractivity contribution in [3.63, 3.8) is 0 Å². The van der Waals surface area contributed by atoms with Crippen LogP contribution in [-0.2, 0) is 0 Å². The highest BCUT2D eigenvalue weighted by Crippen LogP contribution is 2.42. The van der Waals surface area contributed by atoms with Gasteiger partial charge in [-0.15, -0.1) is 0 Å². The first-order valence-corrected chi connectivity index (χ1v) is 7.61. The number of hydrogen-bond donors (Lipinski definition) is 2. The van der Waals surface area contributed by atoms with Gasteiger partial charge in [0, 0.05) is 12.0 Å². The molecule has 0 aromatic heterocycles. The molecular weight excluding hydrogens is 310 g/mol. The summed E-state index contributed by atoms with van der Waals surface area (Å²) in [5, 5.41) is 11.5. The minimum atomic E-state index is -1.04. The van der Waals surface area contributed by atoms with Crippen molar-refractivity contribution in [2.75, 3.05) is 20.8 Å². The summed E-state index contributed by atoms with van der Waals surface area (Å²) in [6, 6.07) is 11.0. The predicted octanol–water partition coefficient (Wildman–Crippen LogP) is 3.46. The van der Waals surface area contributed by atoms with Crippen LogP contribution in [0.4, 0.5) is 4.79 Å². The molecule has 1 amide bonds. The van der Waals surface area contributed by atoms with E-state index < -0.39 is 6.09 Å². The molecule has 0 radical (unpaired) electrons. The van der Waals surface area contributed by atoms with Gasteiger partial charge in [0.05, 0.1) is 32.4 Å². The minimum Gasteiger partial charge on any atom is -0.496 e. The van der Waals surface area contributed by atoms with Crippen LogP contribution < -0.4 is 19.5 Å². The Labute approximate surface area is 140 Å². The molecule has 1 unspecified atom stereocenters. The lowest BCUT2D eigenvalue weighted by atomic mass is 9.95. The van der Waals surface area contributed by atoms with Crippen LogP contribution in [0, 0.1) is 0 Å². The van der Waals surface area contributed by atoms with Crippen molar-refractivity contribution in [3.8, 4) is 28.4 Å². The van der Waals surface area contributed by atoms with Gasteiger partial charge in [-0.2, -0.15) is 0 Å². The molecule has 24 heavy (non-hydrogen) atoms. The van der Waals surface area contributed by atoms with Crippen LogP contribution in [-0.4, -0.2) is 32.0 Å². The largest absolute Gasteiger partial charge is 0.496 e. The lowest BCUT2D eigenvalue weighted by molar-refractivity contribution is 0.182. The van der Waals surface area contributed by atoms with E-state index in [2.05, 4.69) is 5.32 Å². The minimum absolute atomic E-state index is 0.264. The summed E-state index contributed by atoms with van der Waals surface area (Å²) in [4.78, 5) is 10.9. The maximum absolute atomic E-state index is 10.9. The molecule has 2 N–H and O–H groups in total. The fraction of sp³-hybridized carbons (Fsp3) is 0.278. The van der Waals surface area contributed by atoms with Crippen molar-refractivity contribution in [3.05, 3.63) is 42.0 Å². The smallest absolute Gasteiger partial charge is 0.405 e. The molecule has 1 atom stereocenters. The summed E-state index contributed by atoms with van der Waals surface area (Å²) in [5.41, 5.74) is 2.56. The number of hydrogen-bond acceptors (Lipinski definition) is 4. The molecule has 0 aliphatic carbocycles. The molecule has 2 aromatic rings. The van der Waals surface area contributed by atoms with Gasteiger partial charge in [0.25, 0.3) is 0 Å². The van der Waals surface area contributed by atoms with E-state index in [-0.39, 0.29) is 6.04 Å². The van der Waals surface area contributed by atoms with Crippen LogP contribution in [0.1, 0.15) is 18.0 Å². The van der Waals surface area contributed by atoms with E-state index >= 15 is 0 Å². The van der Waals surface area contributed by atoms with Crippen molar-refractivity contribution in [2.45, 2.75) is 12.5 Å². The van der Waals surface area contributed by atoms with Crippen molar-refractivity contribution in [1.29, 1.82) is 0 Å². The second-order valence-electron chi connectivity index (χ2n) is 5.43. The number of carbonyl (C=O) groups is 1. The van der Waals surface area contributed by atoms with E-state index in [0.29, 0.717) is 30.3 Å². The molecule has 0 spiro atoms. The summed E-state index contributed by atoms with van der Waals surface area (Å²) >= 11 is 0. The molecule has 1 aliphatic heterocycles. The van der Waals surface area contributed by atoms with E-state index in [4.69, 9.17) is 19.3 Å². The summed E-state index contributed by atoms with van der Waals surface area (Å²) in [7, 11) is 3.22. The topological polar surface area (TPSA) is 77.0 Å². The number of fused-ring (bicyclic) bond motifs is 1. The lowest BCUT2D eigenvalue weighted by Crippen LogP contribution is -2.30. The highest BCUT2D eigenvalue weighted by atomic mass is 16.5. The molecule has 0 saturated carbocycles. The van der Waals surface area contributed by atoms with Gasteiger partial charge < -0.3 is 24.6 Å². The number of nitrogens with one attached hydrogen (secondary N) is 1. The van der Waals surface area contributed by atoms with E-state index in [1.54, 1.807) is 14.2 Å². The Morgan fingerprint density at radius 1 is 1.21 bits per heavy atom. The van der Waals surface area contributed by atoms with Gasteiger partial charge >= 0.3 is 6.09 Å². The number of ether oxygens (including phenoxy) is 3. The van der Waals surface area contributed by atoms with Crippen LogP contribution in [0.5, 0.6) is 17.2 Å². The molecule has 1 aliphatic rings. The zero-order chi connectivity index (χ0) is 17.1. The average Bonchev–Trinajstić information content (AvgIpc) is 2.60. The molecule has 3 rings (SSSR count). The number of rotatable bonds is 4. The number of methoxy groups -OCH3 is 2. The standard InChI is InChI=1S/C18H19NO5/c1-22-14-4-3-5-15(23-2)17(14)11-6-7-12-13(19-18(20)21)8-9-24-16(12)10-11/h3-7,10,13,19H,8-9H2,1-2H3,(H,20,21). The van der Waals surface area contributed by atoms with E-state index in [1.807, 2.05) is 36.4 Å². The highest BCUT2D eigenvalue weighted by molar-refractivity contribution is 5.78. The third kappa shape index (κ3) is 2.95. The van der Waals surface area contributed by atoms with Crippen LogP contribution in [0.2, 0.25) is 0 Å². The summed E-state index contributed by atoms with van der Waals surface area (Å²) in [6.07, 6.45) is -0.431. The molecule has 0 saturated heterocycles. The molecule has 126 valence electrons. The molecule has 0 bridgehead atoms. The summed E-state index contributed by atoms with van der Waals surface area (Å²) < 4.78 is 16.6. The van der Waals surface area contributed by atoms with Gasteiger partial charge in [-0.25, -0.2) is 4.79 Å². The highest BCUT2D eigenvalue weighted by Gasteiger charge is 2.24. The molecule has 2 aromatic carbocycles. The first-order valence-electron chi connectivity index (χ1n) is 7.61. The SMILES string of the molecule is COc1cccc(OC)c1-c1ccc2c(c1)OCCC2NC(=O)O. The molecular formula is C18H19NO5. The van der Waals surface area contributed by atoms with Gasteiger partial charge in [-0.3, -0.25) is 0 Å². The summed E-state index contributed by atoms with van der Waals surface area (Å²) in [5.74, 6) is 2.07. The lowest BCUT2D eigenvalue weighted by Gasteiger charge is -2.26. The molecule has 6 nitrogen and oxygen atoms in total. The normalized spacial score (nSPS) is 15.8. The van der Waals surface area contributed by atoms with Crippen LogP contribution in [0.3, 0.4) is 0 Å². The maximum atomic E-state index is 10.9. The Bertz CT molecular complexity index is 737. The zero-order valence-corrected chi connectivity index (χ0v) is 13.5. The summed E-state index contributed by atoms with van der Waals surface area (Å²) in [6.45, 7) is 0.463.